The first kappa shape index (κ1) is 16.3. The zero-order valence-electron chi connectivity index (χ0n) is 14.0. The average Bonchev–Trinajstić information content (AvgIpc) is 3.03. The maximum absolute atomic E-state index is 5.44. The lowest BCUT2D eigenvalue weighted by atomic mass is 10.1. The van der Waals surface area contributed by atoms with Crippen LogP contribution in [-0.4, -0.2) is 48.8 Å². The van der Waals surface area contributed by atoms with Gasteiger partial charge in [-0.1, -0.05) is 19.9 Å². The lowest BCUT2D eigenvalue weighted by molar-refractivity contribution is 0.174. The Bertz CT molecular complexity index is 577. The van der Waals surface area contributed by atoms with E-state index in [1.54, 1.807) is 0 Å². The lowest BCUT2D eigenvalue weighted by Crippen LogP contribution is -2.48. The highest BCUT2D eigenvalue weighted by molar-refractivity contribution is 8.00. The summed E-state index contributed by atoms with van der Waals surface area (Å²) >= 11 is 2.08. The van der Waals surface area contributed by atoms with Crippen molar-refractivity contribution < 1.29 is 9.47 Å². The maximum atomic E-state index is 5.44. The van der Waals surface area contributed by atoms with Crippen LogP contribution in [0.25, 0.3) is 0 Å². The molecule has 5 nitrogen and oxygen atoms in total. The number of nitrogens with one attached hydrogen (secondary N) is 1. The molecule has 2 aliphatic rings. The van der Waals surface area contributed by atoms with Crippen molar-refractivity contribution in [2.45, 2.75) is 25.6 Å². The van der Waals surface area contributed by atoms with E-state index in [2.05, 4.69) is 46.9 Å². The van der Waals surface area contributed by atoms with E-state index in [9.17, 15) is 0 Å². The Morgan fingerprint density at radius 1 is 1.39 bits per heavy atom. The molecule has 0 aromatic heterocycles. The standard InChI is InChI=1S/C17H25N3O2S/c1-12(2)16-10-20(6-7-23-16)17(18-3)19-9-13-4-5-14-15(8-13)22-11-21-14/h4-5,8,12,16H,6-7,9-11H2,1-3H3,(H,18,19). The molecule has 0 bridgehead atoms. The van der Waals surface area contributed by atoms with Crippen molar-refractivity contribution in [2.24, 2.45) is 10.9 Å². The molecule has 1 fully saturated rings. The van der Waals surface area contributed by atoms with Gasteiger partial charge in [-0.25, -0.2) is 0 Å². The van der Waals surface area contributed by atoms with Gasteiger partial charge in [-0.3, -0.25) is 4.99 Å². The van der Waals surface area contributed by atoms with Crippen molar-refractivity contribution in [2.75, 3.05) is 32.7 Å². The Hall–Kier alpha value is -1.56. The van der Waals surface area contributed by atoms with Gasteiger partial charge < -0.3 is 19.7 Å². The molecule has 1 N–H and O–H groups in total. The molecule has 2 aliphatic heterocycles. The summed E-state index contributed by atoms with van der Waals surface area (Å²) in [5.74, 6) is 4.48. The molecule has 0 aliphatic carbocycles. The number of nitrogens with zero attached hydrogens (tertiary/aromatic N) is 2. The van der Waals surface area contributed by atoms with E-state index in [0.717, 1.165) is 42.8 Å². The van der Waals surface area contributed by atoms with Gasteiger partial charge in [0, 0.05) is 37.7 Å². The van der Waals surface area contributed by atoms with Crippen molar-refractivity contribution in [3.63, 3.8) is 0 Å². The second-order valence-corrected chi connectivity index (χ2v) is 7.53. The Morgan fingerprint density at radius 3 is 3.00 bits per heavy atom. The molecule has 2 heterocycles. The smallest absolute Gasteiger partial charge is 0.231 e. The summed E-state index contributed by atoms with van der Waals surface area (Å²) in [6.45, 7) is 7.75. The minimum Gasteiger partial charge on any atom is -0.454 e. The van der Waals surface area contributed by atoms with E-state index >= 15 is 0 Å². The van der Waals surface area contributed by atoms with Gasteiger partial charge in [0.1, 0.15) is 0 Å². The number of hydrogen-bond acceptors (Lipinski definition) is 4. The van der Waals surface area contributed by atoms with Crippen molar-refractivity contribution in [3.8, 4) is 11.5 Å². The first-order valence-electron chi connectivity index (χ1n) is 8.13. The molecule has 0 saturated carbocycles. The van der Waals surface area contributed by atoms with E-state index < -0.39 is 0 Å². The molecule has 6 heteroatoms. The lowest BCUT2D eigenvalue weighted by Gasteiger charge is -2.36. The van der Waals surface area contributed by atoms with E-state index in [1.165, 1.54) is 5.56 Å². The van der Waals surface area contributed by atoms with E-state index in [-0.39, 0.29) is 0 Å². The van der Waals surface area contributed by atoms with Crippen molar-refractivity contribution in [1.29, 1.82) is 0 Å². The number of thioether (sulfide) groups is 1. The highest BCUT2D eigenvalue weighted by Gasteiger charge is 2.24. The molecule has 23 heavy (non-hydrogen) atoms. The van der Waals surface area contributed by atoms with Gasteiger partial charge in [-0.05, 0) is 23.6 Å². The summed E-state index contributed by atoms with van der Waals surface area (Å²) in [5.41, 5.74) is 1.17. The second kappa shape index (κ2) is 7.34. The summed E-state index contributed by atoms with van der Waals surface area (Å²) in [7, 11) is 1.86. The summed E-state index contributed by atoms with van der Waals surface area (Å²) < 4.78 is 10.8. The summed E-state index contributed by atoms with van der Waals surface area (Å²) in [4.78, 5) is 6.83. The zero-order chi connectivity index (χ0) is 16.2. The van der Waals surface area contributed by atoms with Gasteiger partial charge in [-0.15, -0.1) is 0 Å². The first-order chi connectivity index (χ1) is 11.2. The SMILES string of the molecule is CN=C(NCc1ccc2c(c1)OCO2)N1CCSC(C(C)C)C1. The van der Waals surface area contributed by atoms with Gasteiger partial charge in [-0.2, -0.15) is 11.8 Å². The number of benzene rings is 1. The second-order valence-electron chi connectivity index (χ2n) is 6.19. The number of rotatable bonds is 3. The Morgan fingerprint density at radius 2 is 2.22 bits per heavy atom. The molecule has 1 aromatic carbocycles. The number of ether oxygens (including phenoxy) is 2. The van der Waals surface area contributed by atoms with Gasteiger partial charge in [0.25, 0.3) is 0 Å². The van der Waals surface area contributed by atoms with Crippen LogP contribution < -0.4 is 14.8 Å². The molecule has 126 valence electrons. The number of guanidine groups is 1. The third kappa shape index (κ3) is 3.86. The van der Waals surface area contributed by atoms with E-state index in [0.29, 0.717) is 18.0 Å². The van der Waals surface area contributed by atoms with Gasteiger partial charge in [0.2, 0.25) is 6.79 Å². The quantitative estimate of drug-likeness (QED) is 0.679. The van der Waals surface area contributed by atoms with Crippen LogP contribution in [0.5, 0.6) is 11.5 Å². The minimum atomic E-state index is 0.315. The minimum absolute atomic E-state index is 0.315. The maximum Gasteiger partial charge on any atom is 0.231 e. The molecule has 3 rings (SSSR count). The summed E-state index contributed by atoms with van der Waals surface area (Å²) in [6, 6.07) is 6.07. The van der Waals surface area contributed by atoms with E-state index in [1.807, 2.05) is 19.2 Å². The van der Waals surface area contributed by atoms with Crippen molar-refractivity contribution >= 4 is 17.7 Å². The highest BCUT2D eigenvalue weighted by Crippen LogP contribution is 2.32. The average molecular weight is 335 g/mol. The predicted molar refractivity (Wildman–Crippen MR) is 95.4 cm³/mol. The summed E-state index contributed by atoms with van der Waals surface area (Å²) in [5, 5.41) is 4.15. The topological polar surface area (TPSA) is 46.1 Å². The van der Waals surface area contributed by atoms with E-state index in [4.69, 9.17) is 9.47 Å². The van der Waals surface area contributed by atoms with Crippen LogP contribution in [0, 0.1) is 5.92 Å². The van der Waals surface area contributed by atoms with Crippen LogP contribution in [0.4, 0.5) is 0 Å². The third-order valence-corrected chi connectivity index (χ3v) is 5.78. The molecule has 1 atom stereocenters. The Balaban J connectivity index is 1.59. The fourth-order valence-corrected chi connectivity index (χ4v) is 4.13. The molecular formula is C17H25N3O2S. The molecule has 1 aromatic rings. The van der Waals surface area contributed by atoms with Crippen LogP contribution in [0.1, 0.15) is 19.4 Å². The van der Waals surface area contributed by atoms with Crippen LogP contribution in [0.15, 0.2) is 23.2 Å². The van der Waals surface area contributed by atoms with Crippen molar-refractivity contribution in [1.82, 2.24) is 10.2 Å². The molecule has 1 unspecified atom stereocenters. The fourth-order valence-electron chi connectivity index (χ4n) is 2.84. The van der Waals surface area contributed by atoms with Crippen LogP contribution in [0.3, 0.4) is 0 Å². The van der Waals surface area contributed by atoms with Crippen molar-refractivity contribution in [3.05, 3.63) is 23.8 Å². The molecule has 1 saturated heterocycles. The molecular weight excluding hydrogens is 310 g/mol. The third-order valence-electron chi connectivity index (χ3n) is 4.24. The number of aliphatic imine (C=N–C) groups is 1. The highest BCUT2D eigenvalue weighted by atomic mass is 32.2. The predicted octanol–water partition coefficient (Wildman–Crippen LogP) is 2.56. The van der Waals surface area contributed by atoms with Crippen LogP contribution in [0.2, 0.25) is 0 Å². The number of fused-ring (bicyclic) bond motifs is 1. The first-order valence-corrected chi connectivity index (χ1v) is 9.18. The van der Waals surface area contributed by atoms with Crippen LogP contribution in [-0.2, 0) is 6.54 Å². The Kier molecular flexibility index (Phi) is 5.20. The molecule has 0 radical (unpaired) electrons. The largest absolute Gasteiger partial charge is 0.454 e. The zero-order valence-corrected chi connectivity index (χ0v) is 14.9. The van der Waals surface area contributed by atoms with Gasteiger partial charge in [0.05, 0.1) is 0 Å². The van der Waals surface area contributed by atoms with Crippen LogP contribution >= 0.6 is 11.8 Å². The molecule has 0 spiro atoms. The number of hydrogen-bond donors (Lipinski definition) is 1. The van der Waals surface area contributed by atoms with Gasteiger partial charge in [0.15, 0.2) is 17.5 Å². The monoisotopic (exact) mass is 335 g/mol. The normalized spacial score (nSPS) is 21.0. The fraction of sp³-hybridized carbons (Fsp3) is 0.588. The summed E-state index contributed by atoms with van der Waals surface area (Å²) in [6.07, 6.45) is 0. The molecule has 0 amide bonds. The van der Waals surface area contributed by atoms with Gasteiger partial charge >= 0.3 is 0 Å². The Labute approximate surface area is 142 Å².